The van der Waals surface area contributed by atoms with Gasteiger partial charge in [-0.1, -0.05) is 24.3 Å². The average molecular weight is 660 g/mol. The predicted molar refractivity (Wildman–Crippen MR) is 184 cm³/mol. The van der Waals surface area contributed by atoms with Gasteiger partial charge >= 0.3 is 12.1 Å². The van der Waals surface area contributed by atoms with E-state index in [1.165, 1.54) is 0 Å². The minimum atomic E-state index is -0.940. The summed E-state index contributed by atoms with van der Waals surface area (Å²) >= 11 is 0. The molecule has 0 radical (unpaired) electrons. The first kappa shape index (κ1) is 32.5. The lowest BCUT2D eigenvalue weighted by Crippen LogP contribution is -2.56. The molecule has 0 saturated carbocycles. The molecule has 4 amide bonds. The van der Waals surface area contributed by atoms with Crippen molar-refractivity contribution in [2.24, 2.45) is 0 Å². The molecule has 12 heteroatoms. The maximum absolute atomic E-state index is 14.1. The number of carbonyl (C=O) groups excluding carboxylic acids is 3. The molecule has 0 spiro atoms. The van der Waals surface area contributed by atoms with Crippen molar-refractivity contribution >= 4 is 29.4 Å². The van der Waals surface area contributed by atoms with Crippen molar-refractivity contribution in [3.63, 3.8) is 0 Å². The molecule has 0 bridgehead atoms. The number of fused-ring (bicyclic) bond motifs is 2. The van der Waals surface area contributed by atoms with Crippen LogP contribution in [0.25, 0.3) is 0 Å². The molecular formula is C36H49N7O5. The maximum atomic E-state index is 14.1. The third-order valence-electron chi connectivity index (χ3n) is 10.7. The number of rotatable bonds is 6. The molecule has 48 heavy (non-hydrogen) atoms. The predicted octanol–water partition coefficient (Wildman–Crippen LogP) is 3.30. The van der Waals surface area contributed by atoms with Crippen LogP contribution in [0.1, 0.15) is 42.4 Å². The van der Waals surface area contributed by atoms with Crippen LogP contribution in [0.15, 0.2) is 36.4 Å². The lowest BCUT2D eigenvalue weighted by Gasteiger charge is -2.41. The van der Waals surface area contributed by atoms with Gasteiger partial charge in [-0.3, -0.25) is 9.69 Å². The average Bonchev–Trinajstić information content (AvgIpc) is 3.29. The second kappa shape index (κ2) is 14.6. The monoisotopic (exact) mass is 659 g/mol. The fourth-order valence-corrected chi connectivity index (χ4v) is 7.99. The molecule has 2 aromatic rings. The van der Waals surface area contributed by atoms with Gasteiger partial charge in [-0.05, 0) is 80.9 Å². The summed E-state index contributed by atoms with van der Waals surface area (Å²) in [5.74, 6) is 0.630. The van der Waals surface area contributed by atoms with E-state index >= 15 is 0 Å². The summed E-state index contributed by atoms with van der Waals surface area (Å²) in [6.45, 7) is 9.92. The number of ether oxygens (including phenoxy) is 2. The van der Waals surface area contributed by atoms with E-state index in [-0.39, 0.29) is 24.4 Å². The van der Waals surface area contributed by atoms with Crippen LogP contribution < -0.4 is 20.7 Å². The van der Waals surface area contributed by atoms with E-state index in [1.54, 1.807) is 4.90 Å². The van der Waals surface area contributed by atoms with Gasteiger partial charge in [0.05, 0.1) is 5.69 Å². The Morgan fingerprint density at radius 2 is 1.69 bits per heavy atom. The molecule has 5 aliphatic heterocycles. The Morgan fingerprint density at radius 3 is 2.48 bits per heavy atom. The van der Waals surface area contributed by atoms with Crippen molar-refractivity contribution in [2.75, 3.05) is 82.7 Å². The van der Waals surface area contributed by atoms with Crippen LogP contribution in [0.4, 0.5) is 21.0 Å². The summed E-state index contributed by atoms with van der Waals surface area (Å²) in [5.41, 5.74) is 4.92. The Bertz CT molecular complexity index is 1480. The van der Waals surface area contributed by atoms with Crippen molar-refractivity contribution in [1.82, 2.24) is 24.9 Å². The quantitative estimate of drug-likeness (QED) is 0.433. The van der Waals surface area contributed by atoms with Crippen molar-refractivity contribution in [3.05, 3.63) is 53.1 Å². The molecule has 258 valence electrons. The Labute approximate surface area is 283 Å². The van der Waals surface area contributed by atoms with Crippen LogP contribution in [0, 0.1) is 6.92 Å². The summed E-state index contributed by atoms with van der Waals surface area (Å²) in [4.78, 5) is 48.9. The summed E-state index contributed by atoms with van der Waals surface area (Å²) in [7, 11) is 0. The van der Waals surface area contributed by atoms with Crippen LogP contribution in [-0.4, -0.2) is 128 Å². The van der Waals surface area contributed by atoms with Gasteiger partial charge in [-0.2, -0.15) is 0 Å². The number of hydrogen-bond acceptors (Lipinski definition) is 8. The summed E-state index contributed by atoms with van der Waals surface area (Å²) in [5, 5.41) is 9.90. The molecule has 2 aromatic carbocycles. The zero-order valence-corrected chi connectivity index (χ0v) is 28.0. The Hall–Kier alpha value is -4.03. The topological polar surface area (TPSA) is 119 Å². The smallest absolute Gasteiger partial charge is 0.410 e. The van der Waals surface area contributed by atoms with Gasteiger partial charge in [0.1, 0.15) is 12.4 Å². The number of piperidine rings is 2. The highest BCUT2D eigenvalue weighted by Gasteiger charge is 2.36. The Balaban J connectivity index is 1.00. The molecule has 1 atom stereocenters. The molecule has 0 unspecified atom stereocenters. The van der Waals surface area contributed by atoms with Gasteiger partial charge in [0.15, 0.2) is 6.10 Å². The maximum Gasteiger partial charge on any atom is 0.410 e. The van der Waals surface area contributed by atoms with E-state index in [0.29, 0.717) is 58.2 Å². The van der Waals surface area contributed by atoms with Gasteiger partial charge in [0.25, 0.3) is 5.91 Å². The number of nitrogens with one attached hydrogen (secondary N) is 3. The summed E-state index contributed by atoms with van der Waals surface area (Å²) in [6, 6.07) is 12.4. The zero-order valence-electron chi connectivity index (χ0n) is 28.0. The van der Waals surface area contributed by atoms with E-state index in [2.05, 4.69) is 33.0 Å². The summed E-state index contributed by atoms with van der Waals surface area (Å²) < 4.78 is 12.1. The minimum Gasteiger partial charge on any atom is -0.490 e. The van der Waals surface area contributed by atoms with E-state index in [0.717, 1.165) is 85.8 Å². The van der Waals surface area contributed by atoms with E-state index in [1.807, 2.05) is 41.0 Å². The summed E-state index contributed by atoms with van der Waals surface area (Å²) in [6.07, 6.45) is 3.24. The molecule has 0 aliphatic carbocycles. The molecule has 3 fully saturated rings. The van der Waals surface area contributed by atoms with Gasteiger partial charge in [0, 0.05) is 76.5 Å². The number of nitrogens with zero attached hydrogens (tertiary/aromatic N) is 4. The standard InChI is InChI=1S/C36H49N7O5/c1-25-22-26(23-31-33(25)38-13-21-47-31)24-32(34(44)41-19-17-40(18-20-41)28-6-11-37-12-7-28)48-36(46)42-14-9-29(10-15-42)43-16-8-27-4-2-3-5-30(27)39-35(43)45/h2-5,22-23,28-29,32,37-38H,6-21,24H2,1H3,(H,39,45)/t32-/m1/s1. The second-order valence-electron chi connectivity index (χ2n) is 13.7. The van der Waals surface area contributed by atoms with Crippen molar-refractivity contribution in [3.8, 4) is 5.75 Å². The van der Waals surface area contributed by atoms with E-state index in [4.69, 9.17) is 9.47 Å². The number of benzene rings is 2. The van der Waals surface area contributed by atoms with Crippen molar-refractivity contribution < 1.29 is 23.9 Å². The van der Waals surface area contributed by atoms with Gasteiger partial charge < -0.3 is 40.1 Å². The number of aryl methyl sites for hydroxylation is 1. The number of urea groups is 1. The van der Waals surface area contributed by atoms with Crippen molar-refractivity contribution in [2.45, 2.75) is 63.6 Å². The first-order chi connectivity index (χ1) is 23.4. The molecule has 5 aliphatic rings. The number of piperazine rings is 1. The van der Waals surface area contributed by atoms with Gasteiger partial charge in [-0.15, -0.1) is 0 Å². The number of hydrogen-bond donors (Lipinski definition) is 3. The van der Waals surface area contributed by atoms with E-state index < -0.39 is 12.2 Å². The number of carbonyl (C=O) groups is 3. The van der Waals surface area contributed by atoms with Crippen LogP contribution >= 0.6 is 0 Å². The highest BCUT2D eigenvalue weighted by Crippen LogP contribution is 2.33. The van der Waals surface area contributed by atoms with Crippen LogP contribution in [-0.2, 0) is 22.4 Å². The third kappa shape index (κ3) is 7.19. The number of amides is 4. The lowest BCUT2D eigenvalue weighted by atomic mass is 10.0. The largest absolute Gasteiger partial charge is 0.490 e. The highest BCUT2D eigenvalue weighted by molar-refractivity contribution is 5.91. The van der Waals surface area contributed by atoms with Crippen LogP contribution in [0.5, 0.6) is 5.75 Å². The van der Waals surface area contributed by atoms with Crippen molar-refractivity contribution in [1.29, 1.82) is 0 Å². The normalized spacial score (nSPS) is 21.6. The second-order valence-corrected chi connectivity index (χ2v) is 13.7. The molecule has 3 saturated heterocycles. The number of para-hydroxylation sites is 1. The van der Waals surface area contributed by atoms with Crippen LogP contribution in [0.3, 0.4) is 0 Å². The Morgan fingerprint density at radius 1 is 0.917 bits per heavy atom. The molecular weight excluding hydrogens is 610 g/mol. The van der Waals surface area contributed by atoms with Crippen LogP contribution in [0.2, 0.25) is 0 Å². The van der Waals surface area contributed by atoms with Gasteiger partial charge in [0.2, 0.25) is 0 Å². The highest BCUT2D eigenvalue weighted by atomic mass is 16.6. The Kier molecular flexibility index (Phi) is 9.90. The third-order valence-corrected chi connectivity index (χ3v) is 10.7. The first-order valence-corrected chi connectivity index (χ1v) is 17.8. The molecule has 0 aromatic heterocycles. The molecule has 3 N–H and O–H groups in total. The fraction of sp³-hybridized carbons (Fsp3) is 0.583. The SMILES string of the molecule is Cc1cc(C[C@@H](OC(=O)N2CCC(N3CCc4ccccc4NC3=O)CC2)C(=O)N2CCN(C3CCNCC3)CC2)cc2c1NCCO2. The molecule has 5 heterocycles. The number of anilines is 2. The fourth-order valence-electron chi connectivity index (χ4n) is 7.99. The zero-order chi connectivity index (χ0) is 33.0. The van der Waals surface area contributed by atoms with Gasteiger partial charge in [-0.25, -0.2) is 9.59 Å². The first-order valence-electron chi connectivity index (χ1n) is 17.8. The number of likely N-dealkylation sites (tertiary alicyclic amines) is 1. The van der Waals surface area contributed by atoms with E-state index in [9.17, 15) is 14.4 Å². The lowest BCUT2D eigenvalue weighted by molar-refractivity contribution is -0.143. The molecule has 7 rings (SSSR count). The molecule has 12 nitrogen and oxygen atoms in total. The minimum absolute atomic E-state index is 0.0316.